The Bertz CT molecular complexity index is 496. The van der Waals surface area contributed by atoms with Gasteiger partial charge in [0.15, 0.2) is 5.78 Å². The normalized spacial score (nSPS) is 19.9. The summed E-state index contributed by atoms with van der Waals surface area (Å²) in [5.41, 5.74) is -1.57. The minimum absolute atomic E-state index is 0.0168. The van der Waals surface area contributed by atoms with Gasteiger partial charge in [-0.2, -0.15) is 13.2 Å². The molecule has 0 spiro atoms. The van der Waals surface area contributed by atoms with Crippen LogP contribution in [0.5, 0.6) is 0 Å². The van der Waals surface area contributed by atoms with Gasteiger partial charge in [-0.15, -0.1) is 0 Å². The van der Waals surface area contributed by atoms with Crippen molar-refractivity contribution in [1.82, 2.24) is 5.32 Å². The molecule has 0 saturated carbocycles. The number of halogens is 4. The fourth-order valence-corrected chi connectivity index (χ4v) is 2.01. The molecule has 0 bridgehead atoms. The number of Topliss-reactive ketones (excluding diaryl/α,β-unsaturated/α-hetero) is 1. The highest BCUT2D eigenvalue weighted by molar-refractivity contribution is 5.96. The van der Waals surface area contributed by atoms with Gasteiger partial charge in [-0.05, 0) is 18.2 Å². The molecule has 0 radical (unpaired) electrons. The van der Waals surface area contributed by atoms with Crippen LogP contribution in [0, 0.1) is 5.82 Å². The van der Waals surface area contributed by atoms with Crippen molar-refractivity contribution in [3.8, 4) is 0 Å². The Morgan fingerprint density at radius 3 is 2.75 bits per heavy atom. The van der Waals surface area contributed by atoms with E-state index in [-0.39, 0.29) is 18.0 Å². The van der Waals surface area contributed by atoms with Gasteiger partial charge < -0.3 is 10.1 Å². The van der Waals surface area contributed by atoms with Crippen LogP contribution in [-0.2, 0) is 10.9 Å². The van der Waals surface area contributed by atoms with E-state index in [2.05, 4.69) is 5.32 Å². The van der Waals surface area contributed by atoms with Crippen molar-refractivity contribution >= 4 is 5.78 Å². The quantitative estimate of drug-likeness (QED) is 0.686. The van der Waals surface area contributed by atoms with Gasteiger partial charge in [0.05, 0.1) is 18.8 Å². The zero-order valence-corrected chi connectivity index (χ0v) is 10.5. The van der Waals surface area contributed by atoms with Gasteiger partial charge in [0, 0.05) is 24.6 Å². The first-order valence-corrected chi connectivity index (χ1v) is 6.09. The highest BCUT2D eigenvalue weighted by Crippen LogP contribution is 2.32. The Kier molecular flexibility index (Phi) is 4.39. The summed E-state index contributed by atoms with van der Waals surface area (Å²) in [6.07, 6.45) is -4.80. The van der Waals surface area contributed by atoms with Crippen molar-refractivity contribution in [3.05, 3.63) is 35.1 Å². The summed E-state index contributed by atoms with van der Waals surface area (Å²) in [6, 6.07) is 2.06. The van der Waals surface area contributed by atoms with E-state index >= 15 is 0 Å². The molecule has 1 fully saturated rings. The van der Waals surface area contributed by atoms with Crippen LogP contribution in [-0.4, -0.2) is 31.6 Å². The summed E-state index contributed by atoms with van der Waals surface area (Å²) in [4.78, 5) is 11.9. The van der Waals surface area contributed by atoms with Crippen LogP contribution >= 0.6 is 0 Å². The standard InChI is InChI=1S/C13H13F4NO2/c14-11-2-1-8(5-10(11)13(15,16)17)12(19)6-9-7-20-4-3-18-9/h1-2,5,9,18H,3-4,6-7H2. The Hall–Kier alpha value is -1.47. The number of morpholine rings is 1. The lowest BCUT2D eigenvalue weighted by atomic mass is 10.0. The van der Waals surface area contributed by atoms with Gasteiger partial charge >= 0.3 is 6.18 Å². The molecule has 1 heterocycles. The molecule has 0 amide bonds. The molecule has 7 heteroatoms. The average Bonchev–Trinajstić information content (AvgIpc) is 2.39. The molecular formula is C13H13F4NO2. The largest absolute Gasteiger partial charge is 0.419 e. The lowest BCUT2D eigenvalue weighted by molar-refractivity contribution is -0.140. The maximum Gasteiger partial charge on any atom is 0.419 e. The molecule has 0 aromatic heterocycles. The number of alkyl halides is 3. The third-order valence-electron chi connectivity index (χ3n) is 3.02. The number of ketones is 1. The summed E-state index contributed by atoms with van der Waals surface area (Å²) in [7, 11) is 0. The minimum atomic E-state index is -4.81. The van der Waals surface area contributed by atoms with Crippen LogP contribution in [0.3, 0.4) is 0 Å². The number of hydrogen-bond acceptors (Lipinski definition) is 3. The molecule has 1 saturated heterocycles. The lowest BCUT2D eigenvalue weighted by Gasteiger charge is -2.23. The van der Waals surface area contributed by atoms with Gasteiger partial charge in [0.1, 0.15) is 5.82 Å². The molecular weight excluding hydrogens is 278 g/mol. The first kappa shape index (κ1) is 14.9. The first-order valence-electron chi connectivity index (χ1n) is 6.09. The van der Waals surface area contributed by atoms with Gasteiger partial charge in [-0.25, -0.2) is 4.39 Å². The predicted molar refractivity (Wildman–Crippen MR) is 63.0 cm³/mol. The molecule has 110 valence electrons. The maximum atomic E-state index is 13.1. The molecule has 1 atom stereocenters. The second-order valence-corrected chi connectivity index (χ2v) is 4.55. The Morgan fingerprint density at radius 1 is 1.40 bits per heavy atom. The minimum Gasteiger partial charge on any atom is -0.378 e. The van der Waals surface area contributed by atoms with Gasteiger partial charge in [0.2, 0.25) is 0 Å². The summed E-state index contributed by atoms with van der Waals surface area (Å²) in [5.74, 6) is -1.85. The smallest absolute Gasteiger partial charge is 0.378 e. The van der Waals surface area contributed by atoms with Crippen LogP contribution in [0.25, 0.3) is 0 Å². The molecule has 1 aromatic rings. The van der Waals surface area contributed by atoms with Gasteiger partial charge in [-0.3, -0.25) is 4.79 Å². The summed E-state index contributed by atoms with van der Waals surface area (Å²) < 4.78 is 56.0. The van der Waals surface area contributed by atoms with E-state index in [0.29, 0.717) is 31.9 Å². The summed E-state index contributed by atoms with van der Waals surface area (Å²) >= 11 is 0. The molecule has 1 aliphatic rings. The molecule has 0 aliphatic carbocycles. The van der Waals surface area contributed by atoms with Crippen LogP contribution in [0.2, 0.25) is 0 Å². The molecule has 1 aliphatic heterocycles. The zero-order chi connectivity index (χ0) is 14.8. The number of carbonyl (C=O) groups excluding carboxylic acids is 1. The van der Waals surface area contributed by atoms with Gasteiger partial charge in [0.25, 0.3) is 0 Å². The van der Waals surface area contributed by atoms with E-state index in [9.17, 15) is 22.4 Å². The van der Waals surface area contributed by atoms with Gasteiger partial charge in [-0.1, -0.05) is 0 Å². The van der Waals surface area contributed by atoms with Crippen molar-refractivity contribution in [3.63, 3.8) is 0 Å². The van der Waals surface area contributed by atoms with E-state index in [1.54, 1.807) is 0 Å². The van der Waals surface area contributed by atoms with Crippen molar-refractivity contribution in [2.75, 3.05) is 19.8 Å². The number of hydrogen-bond donors (Lipinski definition) is 1. The number of rotatable bonds is 3. The fourth-order valence-electron chi connectivity index (χ4n) is 2.01. The van der Waals surface area contributed by atoms with E-state index in [1.165, 1.54) is 0 Å². The van der Waals surface area contributed by atoms with E-state index < -0.39 is 23.3 Å². The van der Waals surface area contributed by atoms with E-state index in [4.69, 9.17) is 4.74 Å². The zero-order valence-electron chi connectivity index (χ0n) is 10.5. The number of ether oxygens (including phenoxy) is 1. The summed E-state index contributed by atoms with van der Waals surface area (Å²) in [6.45, 7) is 1.47. The fraction of sp³-hybridized carbons (Fsp3) is 0.462. The molecule has 20 heavy (non-hydrogen) atoms. The molecule has 2 rings (SSSR count). The second-order valence-electron chi connectivity index (χ2n) is 4.55. The number of carbonyl (C=O) groups is 1. The topological polar surface area (TPSA) is 38.3 Å². The third-order valence-corrected chi connectivity index (χ3v) is 3.02. The maximum absolute atomic E-state index is 13.1. The summed E-state index contributed by atoms with van der Waals surface area (Å²) in [5, 5.41) is 3.03. The Labute approximate surface area is 112 Å². The van der Waals surface area contributed by atoms with Crippen molar-refractivity contribution in [2.24, 2.45) is 0 Å². The second kappa shape index (κ2) is 5.88. The van der Waals surface area contributed by atoms with Crippen LogP contribution in [0.15, 0.2) is 18.2 Å². The van der Waals surface area contributed by atoms with Crippen molar-refractivity contribution in [1.29, 1.82) is 0 Å². The van der Waals surface area contributed by atoms with Crippen LogP contribution < -0.4 is 5.32 Å². The number of nitrogens with one attached hydrogen (secondary N) is 1. The highest BCUT2D eigenvalue weighted by Gasteiger charge is 2.34. The Balaban J connectivity index is 2.13. The molecule has 1 N–H and O–H groups in total. The average molecular weight is 291 g/mol. The Morgan fingerprint density at radius 2 is 2.15 bits per heavy atom. The van der Waals surface area contributed by atoms with Crippen LogP contribution in [0.1, 0.15) is 22.3 Å². The third kappa shape index (κ3) is 3.55. The molecule has 1 aromatic carbocycles. The van der Waals surface area contributed by atoms with Crippen LogP contribution in [0.4, 0.5) is 17.6 Å². The molecule has 1 unspecified atom stereocenters. The van der Waals surface area contributed by atoms with E-state index in [0.717, 1.165) is 6.07 Å². The predicted octanol–water partition coefficient (Wildman–Crippen LogP) is 2.41. The monoisotopic (exact) mass is 291 g/mol. The van der Waals surface area contributed by atoms with Crippen molar-refractivity contribution < 1.29 is 27.1 Å². The first-order chi connectivity index (χ1) is 9.38. The molecule has 3 nitrogen and oxygen atoms in total. The SMILES string of the molecule is O=C(CC1COCCN1)c1ccc(F)c(C(F)(F)F)c1. The number of benzene rings is 1. The lowest BCUT2D eigenvalue weighted by Crippen LogP contribution is -2.42. The van der Waals surface area contributed by atoms with Crippen molar-refractivity contribution in [2.45, 2.75) is 18.6 Å². The van der Waals surface area contributed by atoms with E-state index in [1.807, 2.05) is 0 Å². The highest BCUT2D eigenvalue weighted by atomic mass is 19.4.